The molecular weight excluding hydrogens is 244 g/mol. The van der Waals surface area contributed by atoms with Gasteiger partial charge in [0.05, 0.1) is 6.54 Å². The third kappa shape index (κ3) is 2.94. The summed E-state index contributed by atoms with van der Waals surface area (Å²) in [5.41, 5.74) is -0.780. The second-order valence-corrected chi connectivity index (χ2v) is 5.05. The average molecular weight is 264 g/mol. The average Bonchev–Trinajstić information content (AvgIpc) is 2.87. The Morgan fingerprint density at radius 3 is 2.84 bits per heavy atom. The molecule has 19 heavy (non-hydrogen) atoms. The molecular formula is C13H20N4O2. The molecule has 0 aliphatic carbocycles. The minimum absolute atomic E-state index is 0.00648. The minimum atomic E-state index is -0.780. The van der Waals surface area contributed by atoms with Crippen LogP contribution >= 0.6 is 0 Å². The second kappa shape index (κ2) is 5.42. The van der Waals surface area contributed by atoms with Crippen LogP contribution in [0.4, 0.5) is 0 Å². The van der Waals surface area contributed by atoms with Crippen LogP contribution in [0, 0.1) is 0 Å². The summed E-state index contributed by atoms with van der Waals surface area (Å²) in [5.74, 6) is -0.0627. The van der Waals surface area contributed by atoms with Gasteiger partial charge in [0.1, 0.15) is 5.54 Å². The number of aromatic nitrogens is 2. The summed E-state index contributed by atoms with van der Waals surface area (Å²) >= 11 is 0. The van der Waals surface area contributed by atoms with Crippen LogP contribution in [-0.4, -0.2) is 45.1 Å². The van der Waals surface area contributed by atoms with E-state index < -0.39 is 5.54 Å². The van der Waals surface area contributed by atoms with Crippen molar-refractivity contribution in [3.05, 3.63) is 18.5 Å². The monoisotopic (exact) mass is 264 g/mol. The van der Waals surface area contributed by atoms with Gasteiger partial charge in [-0.1, -0.05) is 6.92 Å². The van der Waals surface area contributed by atoms with Crippen LogP contribution in [0.3, 0.4) is 0 Å². The number of carbonyl (C=O) groups is 2. The smallest absolute Gasteiger partial charge is 0.248 e. The van der Waals surface area contributed by atoms with Gasteiger partial charge < -0.3 is 10.2 Å². The van der Waals surface area contributed by atoms with Crippen molar-refractivity contribution in [3.63, 3.8) is 0 Å². The van der Waals surface area contributed by atoms with Crippen molar-refractivity contribution in [2.24, 2.45) is 0 Å². The van der Waals surface area contributed by atoms with Crippen LogP contribution < -0.4 is 5.32 Å². The van der Waals surface area contributed by atoms with E-state index in [9.17, 15) is 9.59 Å². The molecule has 1 saturated heterocycles. The molecule has 0 radical (unpaired) electrons. The maximum absolute atomic E-state index is 12.5. The van der Waals surface area contributed by atoms with Crippen LogP contribution in [0.25, 0.3) is 0 Å². The maximum atomic E-state index is 12.5. The summed E-state index contributed by atoms with van der Waals surface area (Å²) in [6.45, 7) is 5.40. The van der Waals surface area contributed by atoms with Gasteiger partial charge in [-0.3, -0.25) is 14.3 Å². The number of hydrogen-bond acceptors (Lipinski definition) is 3. The zero-order valence-corrected chi connectivity index (χ0v) is 11.4. The van der Waals surface area contributed by atoms with Crippen molar-refractivity contribution in [1.82, 2.24) is 20.0 Å². The molecule has 1 aromatic rings. The zero-order valence-electron chi connectivity index (χ0n) is 11.4. The highest BCUT2D eigenvalue weighted by Crippen LogP contribution is 2.17. The molecule has 0 spiro atoms. The predicted octanol–water partition coefficient (Wildman–Crippen LogP) is 0.400. The van der Waals surface area contributed by atoms with Crippen molar-refractivity contribution in [3.8, 4) is 0 Å². The van der Waals surface area contributed by atoms with Crippen molar-refractivity contribution >= 4 is 11.8 Å². The van der Waals surface area contributed by atoms with Crippen molar-refractivity contribution in [2.45, 2.75) is 38.8 Å². The molecule has 2 heterocycles. The van der Waals surface area contributed by atoms with Crippen LogP contribution in [0.5, 0.6) is 0 Å². The molecule has 6 heteroatoms. The summed E-state index contributed by atoms with van der Waals surface area (Å²) in [6.07, 6.45) is 4.53. The van der Waals surface area contributed by atoms with Gasteiger partial charge in [-0.2, -0.15) is 5.10 Å². The molecule has 0 saturated carbocycles. The van der Waals surface area contributed by atoms with Crippen molar-refractivity contribution < 1.29 is 9.59 Å². The van der Waals surface area contributed by atoms with Gasteiger partial charge in [0.15, 0.2) is 0 Å². The van der Waals surface area contributed by atoms with Gasteiger partial charge in [-0.25, -0.2) is 0 Å². The Kier molecular flexibility index (Phi) is 3.87. The van der Waals surface area contributed by atoms with Crippen LogP contribution in [-0.2, 0) is 16.1 Å². The summed E-state index contributed by atoms with van der Waals surface area (Å²) in [7, 11) is 0. The Bertz CT molecular complexity index is 457. The largest absolute Gasteiger partial charge is 0.342 e. The lowest BCUT2D eigenvalue weighted by Gasteiger charge is -2.31. The van der Waals surface area contributed by atoms with E-state index >= 15 is 0 Å². The molecule has 1 aliphatic heterocycles. The normalized spacial score (nSPS) is 24.2. The molecule has 0 bridgehead atoms. The quantitative estimate of drug-likeness (QED) is 0.856. The predicted molar refractivity (Wildman–Crippen MR) is 70.3 cm³/mol. The standard InChI is InChI=1S/C13H20N4O2/c1-3-13(2)12(19)16(8-5-11(18)15-13)9-10-17-7-4-6-14-17/h4,6-7H,3,5,8-10H2,1-2H3,(H,15,18). The van der Waals surface area contributed by atoms with E-state index in [1.54, 1.807) is 22.7 Å². The highest BCUT2D eigenvalue weighted by molar-refractivity contribution is 5.93. The van der Waals surface area contributed by atoms with E-state index in [1.807, 2.05) is 19.2 Å². The lowest BCUT2D eigenvalue weighted by Crippen LogP contribution is -2.55. The first-order valence-electron chi connectivity index (χ1n) is 6.63. The molecule has 1 aliphatic rings. The number of nitrogens with zero attached hydrogens (tertiary/aromatic N) is 3. The summed E-state index contributed by atoms with van der Waals surface area (Å²) in [5, 5.41) is 6.94. The molecule has 1 fully saturated rings. The first kappa shape index (κ1) is 13.6. The lowest BCUT2D eigenvalue weighted by atomic mass is 9.97. The third-order valence-corrected chi connectivity index (χ3v) is 3.65. The van der Waals surface area contributed by atoms with Gasteiger partial charge in [-0.05, 0) is 19.4 Å². The molecule has 1 unspecified atom stereocenters. The number of hydrogen-bond donors (Lipinski definition) is 1. The van der Waals surface area contributed by atoms with Crippen LogP contribution in [0.1, 0.15) is 26.7 Å². The molecule has 0 aromatic carbocycles. The number of carbonyl (C=O) groups excluding carboxylic acids is 2. The van der Waals surface area contributed by atoms with Gasteiger partial charge in [0, 0.05) is 31.9 Å². The maximum Gasteiger partial charge on any atom is 0.248 e. The fourth-order valence-electron chi connectivity index (χ4n) is 2.22. The molecule has 6 nitrogen and oxygen atoms in total. The summed E-state index contributed by atoms with van der Waals surface area (Å²) in [4.78, 5) is 25.9. The van der Waals surface area contributed by atoms with Crippen LogP contribution in [0.15, 0.2) is 18.5 Å². The number of rotatable bonds is 4. The Hall–Kier alpha value is -1.85. The van der Waals surface area contributed by atoms with Crippen LogP contribution in [0.2, 0.25) is 0 Å². The molecule has 1 N–H and O–H groups in total. The van der Waals surface area contributed by atoms with Gasteiger partial charge >= 0.3 is 0 Å². The van der Waals surface area contributed by atoms with E-state index in [4.69, 9.17) is 0 Å². The molecule has 1 aromatic heterocycles. The Morgan fingerprint density at radius 1 is 1.42 bits per heavy atom. The highest BCUT2D eigenvalue weighted by Gasteiger charge is 2.38. The van der Waals surface area contributed by atoms with Gasteiger partial charge in [0.2, 0.25) is 11.8 Å². The van der Waals surface area contributed by atoms with Crippen molar-refractivity contribution in [1.29, 1.82) is 0 Å². The topological polar surface area (TPSA) is 67.2 Å². The first-order chi connectivity index (χ1) is 9.05. The van der Waals surface area contributed by atoms with E-state index in [0.717, 1.165) is 0 Å². The Labute approximate surface area is 112 Å². The molecule has 104 valence electrons. The zero-order chi connectivity index (χ0) is 13.9. The SMILES string of the molecule is CCC1(C)NC(=O)CCN(CCn2cccn2)C1=O. The van der Waals surface area contributed by atoms with Crippen molar-refractivity contribution in [2.75, 3.05) is 13.1 Å². The first-order valence-corrected chi connectivity index (χ1v) is 6.63. The van der Waals surface area contributed by atoms with E-state index in [2.05, 4.69) is 10.4 Å². The summed E-state index contributed by atoms with van der Waals surface area (Å²) in [6, 6.07) is 1.85. The Balaban J connectivity index is 2.06. The molecule has 2 rings (SSSR count). The van der Waals surface area contributed by atoms with E-state index in [1.165, 1.54) is 0 Å². The van der Waals surface area contributed by atoms with E-state index in [0.29, 0.717) is 32.5 Å². The number of amides is 2. The fourth-order valence-corrected chi connectivity index (χ4v) is 2.22. The lowest BCUT2D eigenvalue weighted by molar-refractivity contribution is -0.138. The molecule has 1 atom stereocenters. The summed E-state index contributed by atoms with van der Waals surface area (Å²) < 4.78 is 1.79. The number of nitrogens with one attached hydrogen (secondary N) is 1. The van der Waals surface area contributed by atoms with E-state index in [-0.39, 0.29) is 11.8 Å². The molecule has 2 amide bonds. The van der Waals surface area contributed by atoms with Gasteiger partial charge in [-0.15, -0.1) is 0 Å². The highest BCUT2D eigenvalue weighted by atomic mass is 16.2. The fraction of sp³-hybridized carbons (Fsp3) is 0.615. The third-order valence-electron chi connectivity index (χ3n) is 3.65. The second-order valence-electron chi connectivity index (χ2n) is 5.05. The van der Waals surface area contributed by atoms with Gasteiger partial charge in [0.25, 0.3) is 0 Å². The minimum Gasteiger partial charge on any atom is -0.342 e. The Morgan fingerprint density at radius 2 is 2.21 bits per heavy atom.